The van der Waals surface area contributed by atoms with Crippen LogP contribution in [0.1, 0.15) is 37.0 Å². The largest absolute Gasteiger partial charge is 0.481 e. The molecule has 0 unspecified atom stereocenters. The molecule has 0 amide bonds. The fourth-order valence-electron chi connectivity index (χ4n) is 1.42. The molecule has 5 heteroatoms. The van der Waals surface area contributed by atoms with Crippen LogP contribution in [0.2, 0.25) is 0 Å². The van der Waals surface area contributed by atoms with Crippen molar-refractivity contribution in [1.29, 1.82) is 0 Å². The minimum Gasteiger partial charge on any atom is -0.481 e. The van der Waals surface area contributed by atoms with Crippen LogP contribution >= 0.6 is 0 Å². The second-order valence-corrected chi connectivity index (χ2v) is 4.42. The zero-order valence-electron chi connectivity index (χ0n) is 10.6. The van der Waals surface area contributed by atoms with E-state index in [1.807, 2.05) is 20.8 Å². The molecular formula is C13H15FN2O2. The maximum atomic E-state index is 13.4. The predicted octanol–water partition coefficient (Wildman–Crippen LogP) is 3.22. The van der Waals surface area contributed by atoms with Crippen molar-refractivity contribution in [2.75, 3.05) is 0 Å². The van der Waals surface area contributed by atoms with E-state index in [9.17, 15) is 4.39 Å². The third-order valence-electron chi connectivity index (χ3n) is 2.44. The summed E-state index contributed by atoms with van der Waals surface area (Å²) in [6, 6.07) is 4.69. The lowest BCUT2D eigenvalue weighted by molar-refractivity contribution is 0.234. The fourth-order valence-corrected chi connectivity index (χ4v) is 1.42. The normalized spacial score (nSPS) is 10.9. The van der Waals surface area contributed by atoms with Crippen LogP contribution in [0.4, 0.5) is 4.39 Å². The van der Waals surface area contributed by atoms with Gasteiger partial charge in [-0.2, -0.15) is 4.98 Å². The van der Waals surface area contributed by atoms with Crippen molar-refractivity contribution in [1.82, 2.24) is 10.1 Å². The quantitative estimate of drug-likeness (QED) is 0.835. The van der Waals surface area contributed by atoms with Crippen LogP contribution in [-0.2, 0) is 6.61 Å². The number of rotatable bonds is 4. The number of benzene rings is 1. The molecule has 1 heterocycles. The smallest absolute Gasteiger partial charge is 0.264 e. The van der Waals surface area contributed by atoms with E-state index in [4.69, 9.17) is 9.26 Å². The third kappa shape index (κ3) is 2.85. The van der Waals surface area contributed by atoms with Crippen molar-refractivity contribution < 1.29 is 13.7 Å². The molecular weight excluding hydrogens is 235 g/mol. The first-order chi connectivity index (χ1) is 8.56. The van der Waals surface area contributed by atoms with Gasteiger partial charge < -0.3 is 9.26 Å². The van der Waals surface area contributed by atoms with Crippen LogP contribution < -0.4 is 4.74 Å². The molecule has 0 saturated heterocycles. The molecule has 0 bridgehead atoms. The van der Waals surface area contributed by atoms with Gasteiger partial charge in [-0.25, -0.2) is 4.39 Å². The number of aromatic nitrogens is 2. The Morgan fingerprint density at radius 1 is 1.39 bits per heavy atom. The summed E-state index contributed by atoms with van der Waals surface area (Å²) in [7, 11) is 0. The highest BCUT2D eigenvalue weighted by molar-refractivity contribution is 5.29. The van der Waals surface area contributed by atoms with Gasteiger partial charge >= 0.3 is 0 Å². The molecule has 0 radical (unpaired) electrons. The van der Waals surface area contributed by atoms with Crippen LogP contribution in [0.15, 0.2) is 22.7 Å². The number of hydrogen-bond donors (Lipinski definition) is 0. The Bertz CT molecular complexity index is 538. The fraction of sp³-hybridized carbons (Fsp3) is 0.385. The highest BCUT2D eigenvalue weighted by Crippen LogP contribution is 2.19. The van der Waals surface area contributed by atoms with Gasteiger partial charge in [0.1, 0.15) is 0 Å². The summed E-state index contributed by atoms with van der Waals surface area (Å²) >= 11 is 0. The standard InChI is InChI=1S/C13H15FN2O2/c1-8(2)13-15-12(18-16-13)7-17-11-6-9(3)4-5-10(11)14/h4-6,8H,7H2,1-3H3. The Morgan fingerprint density at radius 2 is 2.17 bits per heavy atom. The van der Waals surface area contributed by atoms with Gasteiger partial charge in [-0.05, 0) is 24.6 Å². The molecule has 0 saturated carbocycles. The predicted molar refractivity (Wildman–Crippen MR) is 63.9 cm³/mol. The topological polar surface area (TPSA) is 48.2 Å². The number of halogens is 1. The van der Waals surface area contributed by atoms with Gasteiger partial charge in [0.2, 0.25) is 0 Å². The summed E-state index contributed by atoms with van der Waals surface area (Å²) in [5, 5.41) is 3.81. The molecule has 18 heavy (non-hydrogen) atoms. The van der Waals surface area contributed by atoms with Crippen molar-refractivity contribution >= 4 is 0 Å². The molecule has 2 rings (SSSR count). The van der Waals surface area contributed by atoms with Gasteiger partial charge in [0.05, 0.1) is 0 Å². The molecule has 96 valence electrons. The zero-order chi connectivity index (χ0) is 13.1. The average Bonchev–Trinajstić information content (AvgIpc) is 2.79. The number of hydrogen-bond acceptors (Lipinski definition) is 4. The van der Waals surface area contributed by atoms with Crippen molar-refractivity contribution in [3.63, 3.8) is 0 Å². The molecule has 0 fully saturated rings. The number of nitrogens with zero attached hydrogens (tertiary/aromatic N) is 2. The number of ether oxygens (including phenoxy) is 1. The van der Waals surface area contributed by atoms with Gasteiger partial charge in [-0.3, -0.25) is 0 Å². The van der Waals surface area contributed by atoms with Gasteiger partial charge in [0.25, 0.3) is 5.89 Å². The molecule has 1 aromatic heterocycles. The van der Waals surface area contributed by atoms with E-state index in [1.54, 1.807) is 12.1 Å². The van der Waals surface area contributed by atoms with E-state index in [1.165, 1.54) is 6.07 Å². The van der Waals surface area contributed by atoms with E-state index in [2.05, 4.69) is 10.1 Å². The van der Waals surface area contributed by atoms with E-state index >= 15 is 0 Å². The van der Waals surface area contributed by atoms with Crippen LogP contribution in [-0.4, -0.2) is 10.1 Å². The molecule has 2 aromatic rings. The molecule has 0 atom stereocenters. The van der Waals surface area contributed by atoms with Crippen LogP contribution in [0.5, 0.6) is 5.75 Å². The average molecular weight is 250 g/mol. The summed E-state index contributed by atoms with van der Waals surface area (Å²) in [6.45, 7) is 5.88. The van der Waals surface area contributed by atoms with Crippen molar-refractivity contribution in [3.8, 4) is 5.75 Å². The Balaban J connectivity index is 2.04. The summed E-state index contributed by atoms with van der Waals surface area (Å²) < 4.78 is 23.7. The first-order valence-corrected chi connectivity index (χ1v) is 5.77. The van der Waals surface area contributed by atoms with E-state index in [0.717, 1.165) is 5.56 Å². The maximum Gasteiger partial charge on any atom is 0.264 e. The van der Waals surface area contributed by atoms with Gasteiger partial charge in [-0.1, -0.05) is 25.1 Å². The molecule has 0 aliphatic rings. The molecule has 0 N–H and O–H groups in total. The second-order valence-electron chi connectivity index (χ2n) is 4.42. The molecule has 0 aliphatic heterocycles. The molecule has 1 aromatic carbocycles. The summed E-state index contributed by atoms with van der Waals surface area (Å²) in [4.78, 5) is 4.15. The lowest BCUT2D eigenvalue weighted by atomic mass is 10.2. The Morgan fingerprint density at radius 3 is 2.83 bits per heavy atom. The Labute approximate surface area is 105 Å². The van der Waals surface area contributed by atoms with E-state index < -0.39 is 5.82 Å². The van der Waals surface area contributed by atoms with Crippen molar-refractivity contribution in [2.45, 2.75) is 33.3 Å². The maximum absolute atomic E-state index is 13.4. The minimum atomic E-state index is -0.399. The van der Waals surface area contributed by atoms with Gasteiger partial charge in [-0.15, -0.1) is 0 Å². The summed E-state index contributed by atoms with van der Waals surface area (Å²) in [5.74, 6) is 0.958. The highest BCUT2D eigenvalue weighted by atomic mass is 19.1. The van der Waals surface area contributed by atoms with Crippen LogP contribution in [0.3, 0.4) is 0 Å². The van der Waals surface area contributed by atoms with E-state index in [-0.39, 0.29) is 18.3 Å². The van der Waals surface area contributed by atoms with Gasteiger partial charge in [0.15, 0.2) is 24.0 Å². The highest BCUT2D eigenvalue weighted by Gasteiger charge is 2.11. The first-order valence-electron chi connectivity index (χ1n) is 5.77. The summed E-state index contributed by atoms with van der Waals surface area (Å²) in [6.07, 6.45) is 0. The first kappa shape index (κ1) is 12.5. The minimum absolute atomic E-state index is 0.0695. The third-order valence-corrected chi connectivity index (χ3v) is 2.44. The van der Waals surface area contributed by atoms with Crippen LogP contribution in [0.25, 0.3) is 0 Å². The lowest BCUT2D eigenvalue weighted by Crippen LogP contribution is -1.99. The summed E-state index contributed by atoms with van der Waals surface area (Å²) in [5.41, 5.74) is 0.930. The Kier molecular flexibility index (Phi) is 3.60. The molecule has 0 aliphatic carbocycles. The molecule has 0 spiro atoms. The zero-order valence-corrected chi connectivity index (χ0v) is 10.6. The second kappa shape index (κ2) is 5.16. The van der Waals surface area contributed by atoms with Crippen molar-refractivity contribution in [3.05, 3.63) is 41.3 Å². The van der Waals surface area contributed by atoms with Gasteiger partial charge in [0, 0.05) is 5.92 Å². The monoisotopic (exact) mass is 250 g/mol. The van der Waals surface area contributed by atoms with E-state index in [0.29, 0.717) is 11.7 Å². The molecule has 4 nitrogen and oxygen atoms in total. The number of aryl methyl sites for hydroxylation is 1. The lowest BCUT2D eigenvalue weighted by Gasteiger charge is -2.05. The Hall–Kier alpha value is -1.91. The van der Waals surface area contributed by atoms with Crippen LogP contribution in [0, 0.1) is 12.7 Å². The SMILES string of the molecule is Cc1ccc(F)c(OCc2nc(C(C)C)no2)c1. The van der Waals surface area contributed by atoms with Crippen molar-refractivity contribution in [2.24, 2.45) is 0 Å².